The average molecular weight is 377 g/mol. The van der Waals surface area contributed by atoms with Crippen molar-refractivity contribution >= 4 is 16.0 Å². The summed E-state index contributed by atoms with van der Waals surface area (Å²) in [5.74, 6) is -1.32. The second-order valence-electron chi connectivity index (χ2n) is 6.56. The van der Waals surface area contributed by atoms with Gasteiger partial charge in [-0.05, 0) is 43.4 Å². The molecule has 3 rings (SSSR count). The Hall–Kier alpha value is -1.61. The van der Waals surface area contributed by atoms with Crippen LogP contribution in [0.25, 0.3) is 0 Å². The molecule has 5 nitrogen and oxygen atoms in total. The Balaban J connectivity index is 2.04. The standard InChI is InChI=1S/C16H18F3NO4S/c17-16(18,19)11-5-3-6-12(9-11)25(23,24)20-13-7-2-1-4-10(13)8-14(20)15(21)22/h3,5-6,9-10,13-14H,1-2,4,7-8H2,(H,21,22). The third-order valence-electron chi connectivity index (χ3n) is 5.05. The molecule has 1 aliphatic heterocycles. The molecule has 0 aromatic heterocycles. The maximum Gasteiger partial charge on any atom is 0.416 e. The lowest BCUT2D eigenvalue weighted by atomic mass is 9.85. The molecular formula is C16H18F3NO4S. The molecule has 1 saturated carbocycles. The third kappa shape index (κ3) is 3.27. The van der Waals surface area contributed by atoms with Gasteiger partial charge in [0, 0.05) is 6.04 Å². The first-order chi connectivity index (χ1) is 11.6. The van der Waals surface area contributed by atoms with Crippen molar-refractivity contribution in [2.24, 2.45) is 5.92 Å². The van der Waals surface area contributed by atoms with E-state index in [-0.39, 0.29) is 12.3 Å². The molecule has 1 aromatic rings. The number of sulfonamides is 1. The van der Waals surface area contributed by atoms with Gasteiger partial charge in [-0.3, -0.25) is 4.79 Å². The molecule has 25 heavy (non-hydrogen) atoms. The number of nitrogens with zero attached hydrogens (tertiary/aromatic N) is 1. The third-order valence-corrected chi connectivity index (χ3v) is 6.98. The first kappa shape index (κ1) is 18.2. The summed E-state index contributed by atoms with van der Waals surface area (Å²) in [5, 5.41) is 9.44. The zero-order valence-corrected chi connectivity index (χ0v) is 14.1. The summed E-state index contributed by atoms with van der Waals surface area (Å²) in [6.07, 6.45) is -1.50. The number of hydrogen-bond donors (Lipinski definition) is 1. The van der Waals surface area contributed by atoms with E-state index in [1.165, 1.54) is 0 Å². The molecule has 1 aliphatic carbocycles. The number of hydrogen-bond acceptors (Lipinski definition) is 3. The summed E-state index contributed by atoms with van der Waals surface area (Å²) in [6, 6.07) is 1.78. The van der Waals surface area contributed by atoms with E-state index in [2.05, 4.69) is 0 Å². The molecule has 1 aromatic carbocycles. The highest BCUT2D eigenvalue weighted by Gasteiger charge is 2.51. The quantitative estimate of drug-likeness (QED) is 0.878. The minimum atomic E-state index is -4.67. The molecule has 0 bridgehead atoms. The molecule has 1 saturated heterocycles. The SMILES string of the molecule is O=C(O)C1CC2CCCCC2N1S(=O)(=O)c1cccc(C(F)(F)F)c1. The average Bonchev–Trinajstić information content (AvgIpc) is 2.94. The Morgan fingerprint density at radius 1 is 1.20 bits per heavy atom. The van der Waals surface area contributed by atoms with Crippen LogP contribution in [0.15, 0.2) is 29.2 Å². The van der Waals surface area contributed by atoms with Crippen molar-refractivity contribution in [3.05, 3.63) is 29.8 Å². The van der Waals surface area contributed by atoms with E-state index in [1.807, 2.05) is 0 Å². The molecule has 3 unspecified atom stereocenters. The van der Waals surface area contributed by atoms with E-state index in [1.54, 1.807) is 0 Å². The van der Waals surface area contributed by atoms with E-state index in [0.717, 1.165) is 41.8 Å². The molecule has 1 N–H and O–H groups in total. The van der Waals surface area contributed by atoms with Gasteiger partial charge in [0.15, 0.2) is 0 Å². The van der Waals surface area contributed by atoms with Crippen molar-refractivity contribution in [1.82, 2.24) is 4.31 Å². The van der Waals surface area contributed by atoms with Crippen LogP contribution in [-0.4, -0.2) is 35.9 Å². The number of fused-ring (bicyclic) bond motifs is 1. The maximum atomic E-state index is 13.0. The maximum absolute atomic E-state index is 13.0. The van der Waals surface area contributed by atoms with Gasteiger partial charge in [0.25, 0.3) is 0 Å². The Bertz CT molecular complexity index is 778. The summed E-state index contributed by atoms with van der Waals surface area (Å²) < 4.78 is 65.6. The van der Waals surface area contributed by atoms with Crippen LogP contribution in [0.3, 0.4) is 0 Å². The van der Waals surface area contributed by atoms with Crippen molar-refractivity contribution in [2.45, 2.75) is 55.3 Å². The first-order valence-electron chi connectivity index (χ1n) is 8.06. The summed E-state index contributed by atoms with van der Waals surface area (Å²) >= 11 is 0. The molecule has 2 fully saturated rings. The molecular weight excluding hydrogens is 359 g/mol. The van der Waals surface area contributed by atoms with Gasteiger partial charge >= 0.3 is 12.1 Å². The number of alkyl halides is 3. The zero-order chi connectivity index (χ0) is 18.4. The van der Waals surface area contributed by atoms with Gasteiger partial charge in [0.2, 0.25) is 10.0 Å². The fourth-order valence-electron chi connectivity index (χ4n) is 3.93. The normalized spacial score (nSPS) is 27.9. The Labute approximate surface area is 143 Å². The highest BCUT2D eigenvalue weighted by atomic mass is 32.2. The van der Waals surface area contributed by atoms with Crippen LogP contribution in [-0.2, 0) is 21.0 Å². The largest absolute Gasteiger partial charge is 0.480 e. The number of carboxylic acids is 1. The lowest BCUT2D eigenvalue weighted by molar-refractivity contribution is -0.141. The summed E-state index contributed by atoms with van der Waals surface area (Å²) in [6.45, 7) is 0. The van der Waals surface area contributed by atoms with Crippen LogP contribution in [0, 0.1) is 5.92 Å². The smallest absolute Gasteiger partial charge is 0.416 e. The molecule has 1 heterocycles. The van der Waals surface area contributed by atoms with Crippen molar-refractivity contribution in [1.29, 1.82) is 0 Å². The minimum absolute atomic E-state index is 0.0598. The van der Waals surface area contributed by atoms with Gasteiger partial charge in [-0.25, -0.2) is 8.42 Å². The topological polar surface area (TPSA) is 74.7 Å². The van der Waals surface area contributed by atoms with Gasteiger partial charge in [-0.1, -0.05) is 18.9 Å². The van der Waals surface area contributed by atoms with Crippen LogP contribution >= 0.6 is 0 Å². The van der Waals surface area contributed by atoms with Crippen LogP contribution in [0.1, 0.15) is 37.7 Å². The van der Waals surface area contributed by atoms with E-state index in [0.29, 0.717) is 12.5 Å². The lowest BCUT2D eigenvalue weighted by Gasteiger charge is -2.32. The molecule has 3 atom stereocenters. The number of carbonyl (C=O) groups is 1. The second-order valence-corrected chi connectivity index (χ2v) is 8.41. The van der Waals surface area contributed by atoms with Gasteiger partial charge in [0.1, 0.15) is 6.04 Å². The fourth-order valence-corrected chi connectivity index (χ4v) is 5.85. The van der Waals surface area contributed by atoms with E-state index in [9.17, 15) is 31.5 Å². The van der Waals surface area contributed by atoms with Gasteiger partial charge in [-0.2, -0.15) is 17.5 Å². The Kier molecular flexibility index (Phi) is 4.57. The second kappa shape index (κ2) is 6.28. The number of rotatable bonds is 3. The van der Waals surface area contributed by atoms with E-state index >= 15 is 0 Å². The summed E-state index contributed by atoms with van der Waals surface area (Å²) in [5.41, 5.74) is -1.07. The summed E-state index contributed by atoms with van der Waals surface area (Å²) in [7, 11) is -4.33. The molecule has 0 radical (unpaired) electrons. The van der Waals surface area contributed by atoms with Gasteiger partial charge in [-0.15, -0.1) is 0 Å². The zero-order valence-electron chi connectivity index (χ0n) is 13.2. The molecule has 2 aliphatic rings. The fraction of sp³-hybridized carbons (Fsp3) is 0.562. The predicted molar refractivity (Wildman–Crippen MR) is 82.3 cm³/mol. The number of aliphatic carboxylic acids is 1. The van der Waals surface area contributed by atoms with Crippen LogP contribution < -0.4 is 0 Å². The molecule has 0 spiro atoms. The van der Waals surface area contributed by atoms with Crippen LogP contribution in [0.4, 0.5) is 13.2 Å². The highest BCUT2D eigenvalue weighted by Crippen LogP contribution is 2.43. The van der Waals surface area contributed by atoms with Gasteiger partial charge < -0.3 is 5.11 Å². The van der Waals surface area contributed by atoms with Gasteiger partial charge in [0.05, 0.1) is 10.5 Å². The molecule has 9 heteroatoms. The summed E-state index contributed by atoms with van der Waals surface area (Å²) in [4.78, 5) is 11.1. The van der Waals surface area contributed by atoms with E-state index < -0.39 is 44.7 Å². The number of halogens is 3. The lowest BCUT2D eigenvalue weighted by Crippen LogP contribution is -2.46. The Morgan fingerprint density at radius 2 is 1.88 bits per heavy atom. The molecule has 0 amide bonds. The van der Waals surface area contributed by atoms with Crippen molar-refractivity contribution in [3.8, 4) is 0 Å². The monoisotopic (exact) mass is 377 g/mol. The first-order valence-corrected chi connectivity index (χ1v) is 9.50. The van der Waals surface area contributed by atoms with E-state index in [4.69, 9.17) is 0 Å². The molecule has 138 valence electrons. The Morgan fingerprint density at radius 3 is 2.52 bits per heavy atom. The van der Waals surface area contributed by atoms with Crippen LogP contribution in [0.5, 0.6) is 0 Å². The van der Waals surface area contributed by atoms with Crippen molar-refractivity contribution in [3.63, 3.8) is 0 Å². The van der Waals surface area contributed by atoms with Crippen LogP contribution in [0.2, 0.25) is 0 Å². The highest BCUT2D eigenvalue weighted by molar-refractivity contribution is 7.89. The van der Waals surface area contributed by atoms with Crippen molar-refractivity contribution < 1.29 is 31.5 Å². The van der Waals surface area contributed by atoms with Crippen molar-refractivity contribution in [2.75, 3.05) is 0 Å². The predicted octanol–water partition coefficient (Wildman–Crippen LogP) is 3.11. The number of benzene rings is 1. The number of carboxylic acid groups (broad SMARTS) is 1. The minimum Gasteiger partial charge on any atom is -0.480 e.